The highest BCUT2D eigenvalue weighted by atomic mass is 35.5. The molecule has 4 nitrogen and oxygen atoms in total. The maximum atomic E-state index is 12.9. The van der Waals surface area contributed by atoms with Gasteiger partial charge in [0.2, 0.25) is 5.91 Å². The fourth-order valence-electron chi connectivity index (χ4n) is 2.53. The number of nitrogens with zero attached hydrogens (tertiary/aromatic N) is 1. The lowest BCUT2D eigenvalue weighted by molar-refractivity contribution is -0.133. The highest BCUT2D eigenvalue weighted by molar-refractivity contribution is 6.32. The van der Waals surface area contributed by atoms with Gasteiger partial charge in [-0.15, -0.1) is 0 Å². The average molecular weight is 315 g/mol. The lowest BCUT2D eigenvalue weighted by atomic mass is 10.1. The van der Waals surface area contributed by atoms with Crippen LogP contribution in [0.1, 0.15) is 20.3 Å². The number of amides is 1. The van der Waals surface area contributed by atoms with Crippen LogP contribution in [0.5, 0.6) is 5.75 Å². The largest absolute Gasteiger partial charge is 0.491 e. The summed E-state index contributed by atoms with van der Waals surface area (Å²) >= 11 is 5.86. The maximum absolute atomic E-state index is 12.9. The molecule has 21 heavy (non-hydrogen) atoms. The van der Waals surface area contributed by atoms with Gasteiger partial charge in [0, 0.05) is 25.2 Å². The monoisotopic (exact) mass is 314 g/mol. The van der Waals surface area contributed by atoms with Gasteiger partial charge in [0.05, 0.1) is 18.1 Å². The summed E-state index contributed by atoms with van der Waals surface area (Å²) in [4.78, 5) is 14.0. The first-order valence-corrected chi connectivity index (χ1v) is 7.45. The van der Waals surface area contributed by atoms with Crippen molar-refractivity contribution in [3.63, 3.8) is 0 Å². The molecule has 2 atom stereocenters. The van der Waals surface area contributed by atoms with Crippen molar-refractivity contribution in [3.05, 3.63) is 29.0 Å². The number of carbonyl (C=O) groups excluding carboxylic acids is 1. The molecule has 1 saturated heterocycles. The van der Waals surface area contributed by atoms with Crippen LogP contribution in [0.3, 0.4) is 0 Å². The fraction of sp³-hybridized carbons (Fsp3) is 0.533. The van der Waals surface area contributed by atoms with E-state index < -0.39 is 5.82 Å². The minimum Gasteiger partial charge on any atom is -0.491 e. The first-order chi connectivity index (χ1) is 9.95. The number of ether oxygens (including phenoxy) is 1. The molecule has 1 N–H and O–H groups in total. The number of carbonyl (C=O) groups is 1. The van der Waals surface area contributed by atoms with E-state index in [1.165, 1.54) is 18.2 Å². The predicted octanol–water partition coefficient (Wildman–Crippen LogP) is 2.46. The summed E-state index contributed by atoms with van der Waals surface area (Å²) in [6.45, 7) is 5.77. The Kier molecular flexibility index (Phi) is 5.42. The van der Waals surface area contributed by atoms with Gasteiger partial charge < -0.3 is 15.0 Å². The van der Waals surface area contributed by atoms with Gasteiger partial charge in [0.15, 0.2) is 0 Å². The Bertz CT molecular complexity index is 502. The van der Waals surface area contributed by atoms with E-state index in [9.17, 15) is 9.18 Å². The summed E-state index contributed by atoms with van der Waals surface area (Å²) in [7, 11) is 0. The van der Waals surface area contributed by atoms with Crippen LogP contribution in [0.2, 0.25) is 5.02 Å². The summed E-state index contributed by atoms with van der Waals surface area (Å²) in [6.07, 6.45) is 0.285. The first-order valence-electron chi connectivity index (χ1n) is 7.07. The second kappa shape index (κ2) is 7.09. The highest BCUT2D eigenvalue weighted by Crippen LogP contribution is 2.24. The van der Waals surface area contributed by atoms with E-state index in [1.807, 2.05) is 4.90 Å². The molecular weight excluding hydrogens is 295 g/mol. The summed E-state index contributed by atoms with van der Waals surface area (Å²) in [6, 6.07) is 4.54. The Morgan fingerprint density at radius 3 is 2.71 bits per heavy atom. The zero-order chi connectivity index (χ0) is 15.4. The van der Waals surface area contributed by atoms with Crippen LogP contribution in [-0.4, -0.2) is 42.6 Å². The van der Waals surface area contributed by atoms with Gasteiger partial charge >= 0.3 is 0 Å². The minimum atomic E-state index is -0.410. The van der Waals surface area contributed by atoms with Crippen LogP contribution in [-0.2, 0) is 4.79 Å². The molecule has 1 heterocycles. The molecule has 2 rings (SSSR count). The Hall–Kier alpha value is -1.33. The standard InChI is InChI=1S/C15H20ClFN2O2/c1-10-8-19(9-11(2)18-10)15(20)5-6-21-14-4-3-12(17)7-13(14)16/h3-4,7,10-11,18H,5-6,8-9H2,1-2H3/t10-,11+. The molecule has 1 aliphatic heterocycles. The van der Waals surface area contributed by atoms with Gasteiger partial charge in [-0.05, 0) is 32.0 Å². The summed E-state index contributed by atoms with van der Waals surface area (Å²) in [5, 5.41) is 3.60. The molecule has 1 aromatic carbocycles. The van der Waals surface area contributed by atoms with Crippen LogP contribution < -0.4 is 10.1 Å². The van der Waals surface area contributed by atoms with Gasteiger partial charge in [-0.3, -0.25) is 4.79 Å². The van der Waals surface area contributed by atoms with Crippen molar-refractivity contribution in [1.82, 2.24) is 10.2 Å². The molecule has 1 aromatic rings. The van der Waals surface area contributed by atoms with Crippen molar-refractivity contribution in [2.45, 2.75) is 32.4 Å². The zero-order valence-corrected chi connectivity index (χ0v) is 13.0. The first kappa shape index (κ1) is 16.0. The molecule has 1 aliphatic rings. The number of nitrogens with one attached hydrogen (secondary N) is 1. The van der Waals surface area contributed by atoms with Crippen molar-refractivity contribution in [2.75, 3.05) is 19.7 Å². The predicted molar refractivity (Wildman–Crippen MR) is 80.2 cm³/mol. The number of hydrogen-bond donors (Lipinski definition) is 1. The molecule has 0 aliphatic carbocycles. The van der Waals surface area contributed by atoms with E-state index in [0.29, 0.717) is 30.9 Å². The second-order valence-electron chi connectivity index (χ2n) is 5.44. The van der Waals surface area contributed by atoms with Gasteiger partial charge in [-0.25, -0.2) is 4.39 Å². The lowest BCUT2D eigenvalue weighted by Crippen LogP contribution is -2.56. The minimum absolute atomic E-state index is 0.0634. The zero-order valence-electron chi connectivity index (χ0n) is 12.2. The molecule has 1 amide bonds. The molecule has 6 heteroatoms. The Balaban J connectivity index is 1.81. The number of benzene rings is 1. The molecule has 0 aromatic heterocycles. The van der Waals surface area contributed by atoms with Crippen LogP contribution in [0, 0.1) is 5.82 Å². The number of hydrogen-bond acceptors (Lipinski definition) is 3. The van der Waals surface area contributed by atoms with Crippen molar-refractivity contribution in [3.8, 4) is 5.75 Å². The smallest absolute Gasteiger partial charge is 0.226 e. The molecule has 0 unspecified atom stereocenters. The van der Waals surface area contributed by atoms with Gasteiger partial charge in [0.1, 0.15) is 11.6 Å². The van der Waals surface area contributed by atoms with Gasteiger partial charge in [-0.2, -0.15) is 0 Å². The molecule has 0 saturated carbocycles. The third kappa shape index (κ3) is 4.58. The van der Waals surface area contributed by atoms with Crippen LogP contribution in [0.25, 0.3) is 0 Å². The summed E-state index contributed by atoms with van der Waals surface area (Å²) in [5.41, 5.74) is 0. The molecule has 1 fully saturated rings. The third-order valence-corrected chi connectivity index (χ3v) is 3.67. The molecule has 0 bridgehead atoms. The normalized spacial score (nSPS) is 22.2. The molecule has 0 radical (unpaired) electrons. The SMILES string of the molecule is C[C@@H]1CN(C(=O)CCOc2ccc(F)cc2Cl)C[C@H](C)N1. The summed E-state index contributed by atoms with van der Waals surface area (Å²) < 4.78 is 18.4. The lowest BCUT2D eigenvalue weighted by Gasteiger charge is -2.36. The van der Waals surface area contributed by atoms with Gasteiger partial charge in [0.25, 0.3) is 0 Å². The van der Waals surface area contributed by atoms with Crippen LogP contribution in [0.4, 0.5) is 4.39 Å². The van der Waals surface area contributed by atoms with E-state index in [4.69, 9.17) is 16.3 Å². The number of rotatable bonds is 4. The van der Waals surface area contributed by atoms with E-state index in [-0.39, 0.29) is 24.0 Å². The topological polar surface area (TPSA) is 41.6 Å². The van der Waals surface area contributed by atoms with E-state index >= 15 is 0 Å². The Labute approximate surface area is 129 Å². The second-order valence-corrected chi connectivity index (χ2v) is 5.85. The molecule has 116 valence electrons. The maximum Gasteiger partial charge on any atom is 0.226 e. The van der Waals surface area contributed by atoms with Crippen molar-refractivity contribution < 1.29 is 13.9 Å². The van der Waals surface area contributed by atoms with Crippen LogP contribution in [0.15, 0.2) is 18.2 Å². The fourth-order valence-corrected chi connectivity index (χ4v) is 2.75. The van der Waals surface area contributed by atoms with Crippen molar-refractivity contribution >= 4 is 17.5 Å². The number of halogens is 2. The summed E-state index contributed by atoms with van der Waals surface area (Å²) in [5.74, 6) is 0.0496. The van der Waals surface area contributed by atoms with Crippen LogP contribution >= 0.6 is 11.6 Å². The average Bonchev–Trinajstić information content (AvgIpc) is 2.40. The van der Waals surface area contributed by atoms with Gasteiger partial charge in [-0.1, -0.05) is 11.6 Å². The van der Waals surface area contributed by atoms with E-state index in [0.717, 1.165) is 0 Å². The molecular formula is C15H20ClFN2O2. The van der Waals surface area contributed by atoms with E-state index in [1.54, 1.807) is 0 Å². The highest BCUT2D eigenvalue weighted by Gasteiger charge is 2.24. The number of piperazine rings is 1. The Morgan fingerprint density at radius 1 is 1.43 bits per heavy atom. The Morgan fingerprint density at radius 2 is 2.10 bits per heavy atom. The van der Waals surface area contributed by atoms with Crippen molar-refractivity contribution in [1.29, 1.82) is 0 Å². The van der Waals surface area contributed by atoms with E-state index in [2.05, 4.69) is 19.2 Å². The quantitative estimate of drug-likeness (QED) is 0.928. The molecule has 0 spiro atoms. The third-order valence-electron chi connectivity index (χ3n) is 3.38. The van der Waals surface area contributed by atoms with Crippen molar-refractivity contribution in [2.24, 2.45) is 0 Å².